The molecule has 3 N–H and O–H groups in total. The predicted molar refractivity (Wildman–Crippen MR) is 129 cm³/mol. The number of carbonyl (C=O) groups excluding carboxylic acids is 1. The first-order valence-corrected chi connectivity index (χ1v) is 9.95. The highest BCUT2D eigenvalue weighted by molar-refractivity contribution is 14.0. The van der Waals surface area contributed by atoms with Gasteiger partial charge >= 0.3 is 6.61 Å². The number of halogens is 4. The number of aliphatic imine (C=N–C) groups is 1. The lowest BCUT2D eigenvalue weighted by Gasteiger charge is -2.13. The molecule has 0 aromatic heterocycles. The van der Waals surface area contributed by atoms with Crippen molar-refractivity contribution in [3.63, 3.8) is 0 Å². The second-order valence-corrected chi connectivity index (χ2v) is 6.77. The summed E-state index contributed by atoms with van der Waals surface area (Å²) < 4.78 is 43.0. The molecule has 0 saturated heterocycles. The molecule has 0 saturated carbocycles. The molecule has 2 aromatic carbocycles. The summed E-state index contributed by atoms with van der Waals surface area (Å²) in [4.78, 5) is 16.4. The molecule has 0 aliphatic rings. The molecular formula is C22H28F3IN4O2. The Morgan fingerprint density at radius 2 is 1.84 bits per heavy atom. The van der Waals surface area contributed by atoms with Crippen molar-refractivity contribution >= 4 is 35.8 Å². The molecule has 0 bridgehead atoms. The van der Waals surface area contributed by atoms with Gasteiger partial charge in [0.25, 0.3) is 0 Å². The Labute approximate surface area is 203 Å². The standard InChI is InChI=1S/C22H27F3N4O2.HI/c1-3-26-22(29-14-17-11-15(2)7-8-19(17)31-21(24)25)28-10-9-27-20(30)13-16-5-4-6-18(23)12-16;/h4-8,11-12,21H,3,9-10,13-14H2,1-2H3,(H,27,30)(H2,26,28,29);1H. The summed E-state index contributed by atoms with van der Waals surface area (Å²) in [6.45, 7) is 2.33. The number of nitrogens with zero attached hydrogens (tertiary/aromatic N) is 1. The van der Waals surface area contributed by atoms with E-state index in [1.54, 1.807) is 24.3 Å². The number of nitrogens with one attached hydrogen (secondary N) is 3. The highest BCUT2D eigenvalue weighted by Crippen LogP contribution is 2.22. The minimum Gasteiger partial charge on any atom is -0.434 e. The first kappa shape index (κ1) is 27.5. The van der Waals surface area contributed by atoms with Crippen LogP contribution in [0.2, 0.25) is 0 Å². The van der Waals surface area contributed by atoms with E-state index in [2.05, 4.69) is 25.7 Å². The fourth-order valence-electron chi connectivity index (χ4n) is 2.83. The largest absolute Gasteiger partial charge is 0.434 e. The smallest absolute Gasteiger partial charge is 0.387 e. The molecule has 2 aromatic rings. The zero-order valence-corrected chi connectivity index (χ0v) is 20.3. The van der Waals surface area contributed by atoms with Crippen molar-refractivity contribution in [3.05, 3.63) is 65.0 Å². The number of alkyl halides is 2. The van der Waals surface area contributed by atoms with E-state index in [0.717, 1.165) is 5.56 Å². The van der Waals surface area contributed by atoms with Crippen molar-refractivity contribution in [2.24, 2.45) is 4.99 Å². The van der Waals surface area contributed by atoms with E-state index in [4.69, 9.17) is 0 Å². The van der Waals surface area contributed by atoms with Crippen molar-refractivity contribution in [3.8, 4) is 5.75 Å². The molecular weight excluding hydrogens is 536 g/mol. The maximum absolute atomic E-state index is 13.2. The molecule has 0 atom stereocenters. The molecule has 6 nitrogen and oxygen atoms in total. The number of aryl methyl sites for hydroxylation is 1. The summed E-state index contributed by atoms with van der Waals surface area (Å²) in [5.41, 5.74) is 2.05. The number of benzene rings is 2. The van der Waals surface area contributed by atoms with Crippen molar-refractivity contribution in [1.29, 1.82) is 0 Å². The number of hydrogen-bond acceptors (Lipinski definition) is 3. The maximum atomic E-state index is 13.2. The van der Waals surface area contributed by atoms with Gasteiger partial charge in [0.15, 0.2) is 5.96 Å². The lowest BCUT2D eigenvalue weighted by Crippen LogP contribution is -2.41. The molecule has 0 fully saturated rings. The normalized spacial score (nSPS) is 11.0. The summed E-state index contributed by atoms with van der Waals surface area (Å²) in [7, 11) is 0. The summed E-state index contributed by atoms with van der Waals surface area (Å²) >= 11 is 0. The van der Waals surface area contributed by atoms with E-state index >= 15 is 0 Å². The SMILES string of the molecule is CCNC(=NCc1cc(C)ccc1OC(F)F)NCCNC(=O)Cc1cccc(F)c1.I. The van der Waals surface area contributed by atoms with Crippen LogP contribution in [0, 0.1) is 12.7 Å². The highest BCUT2D eigenvalue weighted by Gasteiger charge is 2.10. The molecule has 0 aliphatic carbocycles. The van der Waals surface area contributed by atoms with Crippen molar-refractivity contribution in [1.82, 2.24) is 16.0 Å². The molecule has 0 spiro atoms. The van der Waals surface area contributed by atoms with Crippen LogP contribution in [0.15, 0.2) is 47.5 Å². The van der Waals surface area contributed by atoms with Gasteiger partial charge in [0.1, 0.15) is 11.6 Å². The highest BCUT2D eigenvalue weighted by atomic mass is 127. The van der Waals surface area contributed by atoms with E-state index < -0.39 is 6.61 Å². The fourth-order valence-corrected chi connectivity index (χ4v) is 2.83. The quantitative estimate of drug-likeness (QED) is 0.178. The fraction of sp³-hybridized carbons (Fsp3) is 0.364. The summed E-state index contributed by atoms with van der Waals surface area (Å²) in [5, 5.41) is 8.88. The van der Waals surface area contributed by atoms with Gasteiger partial charge in [0.2, 0.25) is 5.91 Å². The first-order valence-electron chi connectivity index (χ1n) is 9.95. The lowest BCUT2D eigenvalue weighted by atomic mass is 10.1. The number of rotatable bonds is 10. The average Bonchev–Trinajstić information content (AvgIpc) is 2.70. The zero-order chi connectivity index (χ0) is 22.6. The molecule has 2 rings (SSSR count). The van der Waals surface area contributed by atoms with Gasteiger partial charge < -0.3 is 20.7 Å². The van der Waals surface area contributed by atoms with E-state index in [9.17, 15) is 18.0 Å². The van der Waals surface area contributed by atoms with Crippen LogP contribution in [-0.2, 0) is 17.8 Å². The van der Waals surface area contributed by atoms with Gasteiger partial charge in [0, 0.05) is 25.2 Å². The Morgan fingerprint density at radius 3 is 2.53 bits per heavy atom. The molecule has 0 unspecified atom stereocenters. The van der Waals surface area contributed by atoms with Gasteiger partial charge in [-0.15, -0.1) is 24.0 Å². The van der Waals surface area contributed by atoms with Crippen molar-refractivity contribution in [2.45, 2.75) is 33.4 Å². The van der Waals surface area contributed by atoms with Gasteiger partial charge in [-0.05, 0) is 37.6 Å². The third-order valence-electron chi connectivity index (χ3n) is 4.18. The van der Waals surface area contributed by atoms with E-state index in [1.807, 2.05) is 13.8 Å². The Kier molecular flexibility index (Phi) is 12.5. The summed E-state index contributed by atoms with van der Waals surface area (Å²) in [6, 6.07) is 10.8. The van der Waals surface area contributed by atoms with Crippen LogP contribution in [0.4, 0.5) is 13.2 Å². The van der Waals surface area contributed by atoms with E-state index in [1.165, 1.54) is 18.2 Å². The summed E-state index contributed by atoms with van der Waals surface area (Å²) in [6.07, 6.45) is 0.0895. The van der Waals surface area contributed by atoms with Gasteiger partial charge in [-0.1, -0.05) is 29.8 Å². The molecule has 32 heavy (non-hydrogen) atoms. The van der Waals surface area contributed by atoms with Crippen LogP contribution in [-0.4, -0.2) is 38.1 Å². The first-order chi connectivity index (χ1) is 14.9. The third-order valence-corrected chi connectivity index (χ3v) is 4.18. The Bertz CT molecular complexity index is 897. The lowest BCUT2D eigenvalue weighted by molar-refractivity contribution is -0.120. The molecule has 1 amide bonds. The maximum Gasteiger partial charge on any atom is 0.387 e. The number of ether oxygens (including phenoxy) is 1. The van der Waals surface area contributed by atoms with Crippen LogP contribution >= 0.6 is 24.0 Å². The Morgan fingerprint density at radius 1 is 1.09 bits per heavy atom. The number of hydrogen-bond donors (Lipinski definition) is 3. The third kappa shape index (κ3) is 10.2. The zero-order valence-electron chi connectivity index (χ0n) is 18.0. The second kappa shape index (κ2) is 14.5. The Hall–Kier alpha value is -2.50. The topological polar surface area (TPSA) is 74.8 Å². The molecule has 176 valence electrons. The van der Waals surface area contributed by atoms with Crippen LogP contribution in [0.1, 0.15) is 23.6 Å². The van der Waals surface area contributed by atoms with E-state index in [-0.39, 0.29) is 54.4 Å². The number of amides is 1. The van der Waals surface area contributed by atoms with Crippen molar-refractivity contribution in [2.75, 3.05) is 19.6 Å². The van der Waals surface area contributed by atoms with E-state index in [0.29, 0.717) is 36.7 Å². The predicted octanol–water partition coefficient (Wildman–Crippen LogP) is 3.77. The minimum absolute atomic E-state index is 0. The van der Waals surface area contributed by atoms with Crippen molar-refractivity contribution < 1.29 is 22.7 Å². The van der Waals surface area contributed by atoms with Crippen LogP contribution in [0.3, 0.4) is 0 Å². The van der Waals surface area contributed by atoms with Crippen LogP contribution in [0.5, 0.6) is 5.75 Å². The second-order valence-electron chi connectivity index (χ2n) is 6.77. The van der Waals surface area contributed by atoms with Gasteiger partial charge in [0.05, 0.1) is 13.0 Å². The van der Waals surface area contributed by atoms with Crippen LogP contribution in [0.25, 0.3) is 0 Å². The minimum atomic E-state index is -2.91. The number of carbonyl (C=O) groups is 1. The van der Waals surface area contributed by atoms with Gasteiger partial charge in [-0.2, -0.15) is 8.78 Å². The molecule has 0 radical (unpaired) electrons. The van der Waals surface area contributed by atoms with Crippen LogP contribution < -0.4 is 20.7 Å². The molecule has 10 heteroatoms. The monoisotopic (exact) mass is 564 g/mol. The average molecular weight is 564 g/mol. The summed E-state index contributed by atoms with van der Waals surface area (Å²) in [5.74, 6) is -0.0340. The number of guanidine groups is 1. The van der Waals surface area contributed by atoms with Gasteiger partial charge in [-0.25, -0.2) is 9.38 Å². The molecule has 0 heterocycles. The van der Waals surface area contributed by atoms with Gasteiger partial charge in [-0.3, -0.25) is 4.79 Å². The Balaban J connectivity index is 0.00000512. The molecule has 0 aliphatic heterocycles.